The van der Waals surface area contributed by atoms with Crippen LogP contribution in [0.3, 0.4) is 0 Å². The van der Waals surface area contributed by atoms with Crippen molar-refractivity contribution in [3.63, 3.8) is 0 Å². The van der Waals surface area contributed by atoms with Crippen LogP contribution >= 0.6 is 0 Å². The molecule has 0 heterocycles. The number of alkyl halides is 3. The first-order valence-electron chi connectivity index (χ1n) is 3.64. The predicted molar refractivity (Wildman–Crippen MR) is 45.9 cm³/mol. The highest BCUT2D eigenvalue weighted by molar-refractivity contribution is 7.78. The zero-order chi connectivity index (χ0) is 10.8. The molecule has 1 unspecified atom stereocenters. The molecule has 2 nitrogen and oxygen atoms in total. The van der Waals surface area contributed by atoms with Gasteiger partial charge in [-0.1, -0.05) is 18.2 Å². The van der Waals surface area contributed by atoms with E-state index in [9.17, 15) is 17.4 Å². The molecule has 1 atom stereocenters. The Morgan fingerprint density at radius 1 is 1.29 bits per heavy atom. The molecule has 14 heavy (non-hydrogen) atoms. The van der Waals surface area contributed by atoms with E-state index >= 15 is 0 Å². The van der Waals surface area contributed by atoms with Crippen molar-refractivity contribution < 1.29 is 21.9 Å². The normalized spacial score (nSPS) is 14.0. The van der Waals surface area contributed by atoms with Crippen LogP contribution in [-0.2, 0) is 23.0 Å². The molecule has 1 aromatic rings. The van der Waals surface area contributed by atoms with Crippen molar-refractivity contribution in [3.8, 4) is 0 Å². The van der Waals surface area contributed by atoms with E-state index in [4.69, 9.17) is 4.55 Å². The summed E-state index contributed by atoms with van der Waals surface area (Å²) in [6, 6.07) is 4.73. The van der Waals surface area contributed by atoms with Gasteiger partial charge in [0.25, 0.3) is 0 Å². The Labute approximate surface area is 81.0 Å². The summed E-state index contributed by atoms with van der Waals surface area (Å²) in [5, 5.41) is 0. The van der Waals surface area contributed by atoms with Gasteiger partial charge in [0.2, 0.25) is 0 Å². The van der Waals surface area contributed by atoms with Crippen LogP contribution in [0.4, 0.5) is 13.2 Å². The van der Waals surface area contributed by atoms with Gasteiger partial charge in [-0.3, -0.25) is 0 Å². The Balaban J connectivity index is 3.10. The van der Waals surface area contributed by atoms with Gasteiger partial charge < -0.3 is 4.55 Å². The van der Waals surface area contributed by atoms with Crippen molar-refractivity contribution in [2.45, 2.75) is 11.9 Å². The molecule has 0 saturated heterocycles. The second kappa shape index (κ2) is 4.10. The van der Waals surface area contributed by atoms with Gasteiger partial charge in [0, 0.05) is 0 Å². The highest BCUT2D eigenvalue weighted by Gasteiger charge is 2.32. The minimum absolute atomic E-state index is 0.166. The third-order valence-corrected chi connectivity index (χ3v) is 2.16. The lowest BCUT2D eigenvalue weighted by molar-refractivity contribution is -0.138. The standard InChI is InChI=1S/C8H7F3O2S/c9-8(10,11)7-4-2-1-3-6(7)5-14(12)13/h1-4H,5H2,(H,12,13). The third-order valence-electron chi connectivity index (χ3n) is 1.60. The van der Waals surface area contributed by atoms with Gasteiger partial charge in [0.05, 0.1) is 11.3 Å². The predicted octanol–water partition coefficient (Wildman–Crippen LogP) is 2.43. The largest absolute Gasteiger partial charge is 0.416 e. The summed E-state index contributed by atoms with van der Waals surface area (Å²) in [4.78, 5) is 0. The minimum atomic E-state index is -4.48. The van der Waals surface area contributed by atoms with Crippen LogP contribution in [0.2, 0.25) is 0 Å². The molecule has 1 N–H and O–H groups in total. The van der Waals surface area contributed by atoms with Gasteiger partial charge in [-0.15, -0.1) is 0 Å². The molecule has 0 aliphatic rings. The van der Waals surface area contributed by atoms with Crippen LogP contribution in [0, 0.1) is 0 Å². The van der Waals surface area contributed by atoms with Gasteiger partial charge in [-0.05, 0) is 11.6 Å². The van der Waals surface area contributed by atoms with Gasteiger partial charge in [-0.2, -0.15) is 13.2 Å². The first-order valence-corrected chi connectivity index (χ1v) is 4.91. The first-order chi connectivity index (χ1) is 6.41. The Kier molecular flexibility index (Phi) is 3.28. The second-order valence-corrected chi connectivity index (χ2v) is 3.55. The topological polar surface area (TPSA) is 37.3 Å². The minimum Gasteiger partial charge on any atom is -0.306 e. The number of benzene rings is 1. The van der Waals surface area contributed by atoms with Crippen LogP contribution in [0.5, 0.6) is 0 Å². The van der Waals surface area contributed by atoms with Crippen molar-refractivity contribution in [2.24, 2.45) is 0 Å². The van der Waals surface area contributed by atoms with Crippen LogP contribution in [0.1, 0.15) is 11.1 Å². The number of halogens is 3. The van der Waals surface area contributed by atoms with Crippen LogP contribution in [0.15, 0.2) is 24.3 Å². The second-order valence-electron chi connectivity index (χ2n) is 2.62. The molecular weight excluding hydrogens is 217 g/mol. The monoisotopic (exact) mass is 224 g/mol. The molecule has 0 amide bonds. The molecule has 0 spiro atoms. The Bertz CT molecular complexity index is 349. The fraction of sp³-hybridized carbons (Fsp3) is 0.250. The summed E-state index contributed by atoms with van der Waals surface area (Å²) in [6.07, 6.45) is -4.48. The third kappa shape index (κ3) is 2.81. The molecule has 0 aliphatic carbocycles. The summed E-state index contributed by atoms with van der Waals surface area (Å²) in [5.41, 5.74) is -1.02. The van der Waals surface area contributed by atoms with Crippen molar-refractivity contribution in [2.75, 3.05) is 0 Å². The molecule has 78 valence electrons. The molecule has 0 fully saturated rings. The fourth-order valence-electron chi connectivity index (χ4n) is 1.06. The maximum atomic E-state index is 12.3. The molecule has 1 rings (SSSR count). The van der Waals surface area contributed by atoms with Gasteiger partial charge in [0.15, 0.2) is 11.1 Å². The highest BCUT2D eigenvalue weighted by Crippen LogP contribution is 2.32. The summed E-state index contributed by atoms with van der Waals surface area (Å²) < 4.78 is 55.8. The zero-order valence-corrected chi connectivity index (χ0v) is 7.73. The summed E-state index contributed by atoms with van der Waals surface area (Å²) in [7, 11) is 0. The van der Waals surface area contributed by atoms with Crippen molar-refractivity contribution >= 4 is 11.1 Å². The summed E-state index contributed by atoms with van der Waals surface area (Å²) in [5.74, 6) is -0.504. The maximum Gasteiger partial charge on any atom is 0.416 e. The van der Waals surface area contributed by atoms with Gasteiger partial charge in [-0.25, -0.2) is 4.21 Å². The van der Waals surface area contributed by atoms with E-state index in [-0.39, 0.29) is 5.56 Å². The number of hydrogen-bond donors (Lipinski definition) is 1. The average molecular weight is 224 g/mol. The number of hydrogen-bond acceptors (Lipinski definition) is 1. The van der Waals surface area contributed by atoms with Crippen LogP contribution in [0.25, 0.3) is 0 Å². The quantitative estimate of drug-likeness (QED) is 0.783. The van der Waals surface area contributed by atoms with E-state index in [0.717, 1.165) is 6.07 Å². The molecule has 0 aromatic heterocycles. The lowest BCUT2D eigenvalue weighted by atomic mass is 10.1. The molecule has 0 saturated carbocycles. The molecule has 1 aromatic carbocycles. The fourth-order valence-corrected chi connectivity index (χ4v) is 1.57. The molecule has 0 bridgehead atoms. The lowest BCUT2D eigenvalue weighted by Gasteiger charge is -2.10. The summed E-state index contributed by atoms with van der Waals surface area (Å²) >= 11 is -2.26. The lowest BCUT2D eigenvalue weighted by Crippen LogP contribution is -2.10. The smallest absolute Gasteiger partial charge is 0.306 e. The van der Waals surface area contributed by atoms with E-state index in [1.165, 1.54) is 18.2 Å². The van der Waals surface area contributed by atoms with E-state index in [1.54, 1.807) is 0 Å². The van der Waals surface area contributed by atoms with E-state index in [0.29, 0.717) is 0 Å². The molecule has 0 radical (unpaired) electrons. The van der Waals surface area contributed by atoms with E-state index in [1.807, 2.05) is 0 Å². The maximum absolute atomic E-state index is 12.3. The van der Waals surface area contributed by atoms with Crippen LogP contribution in [-0.4, -0.2) is 8.76 Å². The molecular formula is C8H7F3O2S. The Hall–Kier alpha value is -0.880. The van der Waals surface area contributed by atoms with Crippen LogP contribution < -0.4 is 0 Å². The average Bonchev–Trinajstić information content (AvgIpc) is 2.01. The number of rotatable bonds is 2. The molecule has 6 heteroatoms. The summed E-state index contributed by atoms with van der Waals surface area (Å²) in [6.45, 7) is 0. The molecule has 0 aliphatic heterocycles. The zero-order valence-electron chi connectivity index (χ0n) is 6.91. The Morgan fingerprint density at radius 3 is 2.36 bits per heavy atom. The van der Waals surface area contributed by atoms with Crippen molar-refractivity contribution in [3.05, 3.63) is 35.4 Å². The van der Waals surface area contributed by atoms with Crippen molar-refractivity contribution in [1.29, 1.82) is 0 Å². The van der Waals surface area contributed by atoms with Crippen molar-refractivity contribution in [1.82, 2.24) is 0 Å². The highest BCUT2D eigenvalue weighted by atomic mass is 32.2. The SMILES string of the molecule is O=S(O)Cc1ccccc1C(F)(F)F. The van der Waals surface area contributed by atoms with Gasteiger partial charge in [0.1, 0.15) is 0 Å². The van der Waals surface area contributed by atoms with E-state index in [2.05, 4.69) is 0 Å². The van der Waals surface area contributed by atoms with E-state index < -0.39 is 28.6 Å². The van der Waals surface area contributed by atoms with Gasteiger partial charge >= 0.3 is 6.18 Å². The Morgan fingerprint density at radius 2 is 1.86 bits per heavy atom. The first kappa shape index (κ1) is 11.2.